The van der Waals surface area contributed by atoms with E-state index in [2.05, 4.69) is 11.1 Å². The van der Waals surface area contributed by atoms with E-state index in [1.165, 1.54) is 13.2 Å². The Morgan fingerprint density at radius 2 is 1.45 bits per heavy atom. The molecule has 10 heteroatoms. The van der Waals surface area contributed by atoms with Gasteiger partial charge in [0.25, 0.3) is 5.60 Å². The standard InChI is InChI=1S/C32H33F6NO3/c1-6-29(7-2,25-9-8-23(20(3)14-25)12-13-30(41,31(33,34)35)32(36,37)38)26-10-11-27(21(4)15-26)24-16-22(18-39-19-24)17-28(40)42-5/h8-16,18-19,41H,6-7,17H2,1-5H3. The SMILES string of the molecule is CCC(CC)(c1ccc(C=CC(O)(C(F)(F)F)C(F)(F)F)c(C)c1)c1ccc(-c2cncc(CC(=O)OC)c2)c(C)c1. The van der Waals surface area contributed by atoms with E-state index < -0.39 is 23.4 Å². The molecule has 0 radical (unpaired) electrons. The van der Waals surface area contributed by atoms with Crippen molar-refractivity contribution in [3.8, 4) is 11.1 Å². The summed E-state index contributed by atoms with van der Waals surface area (Å²) in [5.41, 5.74) is 0.437. The van der Waals surface area contributed by atoms with Gasteiger partial charge in [0.15, 0.2) is 0 Å². The minimum atomic E-state index is -5.93. The average molecular weight is 594 g/mol. The molecule has 1 N–H and O–H groups in total. The fourth-order valence-electron chi connectivity index (χ4n) is 5.21. The summed E-state index contributed by atoms with van der Waals surface area (Å²) in [5.74, 6) is -0.370. The zero-order valence-electron chi connectivity index (χ0n) is 24.0. The van der Waals surface area contributed by atoms with E-state index in [4.69, 9.17) is 4.74 Å². The molecule has 0 amide bonds. The molecule has 226 valence electrons. The number of aliphatic hydroxyl groups is 1. The number of rotatable bonds is 9. The number of carbonyl (C=O) groups is 1. The van der Waals surface area contributed by atoms with Gasteiger partial charge in [-0.15, -0.1) is 0 Å². The Morgan fingerprint density at radius 3 is 1.95 bits per heavy atom. The van der Waals surface area contributed by atoms with Gasteiger partial charge in [0, 0.05) is 23.4 Å². The van der Waals surface area contributed by atoms with Gasteiger partial charge < -0.3 is 9.84 Å². The summed E-state index contributed by atoms with van der Waals surface area (Å²) in [6.45, 7) is 7.59. The van der Waals surface area contributed by atoms with Crippen LogP contribution in [0.1, 0.15) is 60.1 Å². The van der Waals surface area contributed by atoms with Crippen LogP contribution in [0.25, 0.3) is 17.2 Å². The number of hydrogen-bond acceptors (Lipinski definition) is 4. The lowest BCUT2D eigenvalue weighted by atomic mass is 9.69. The normalized spacial score (nSPS) is 13.0. The van der Waals surface area contributed by atoms with Crippen LogP contribution in [0.3, 0.4) is 0 Å². The number of aryl methyl sites for hydroxylation is 2. The molecule has 1 aromatic heterocycles. The van der Waals surface area contributed by atoms with Gasteiger partial charge >= 0.3 is 18.3 Å². The van der Waals surface area contributed by atoms with Gasteiger partial charge in [0.1, 0.15) is 0 Å². The van der Waals surface area contributed by atoms with E-state index in [1.54, 1.807) is 31.5 Å². The number of alkyl halides is 6. The molecule has 1 heterocycles. The molecule has 0 bridgehead atoms. The number of carbonyl (C=O) groups excluding carboxylic acids is 1. The fourth-order valence-corrected chi connectivity index (χ4v) is 5.21. The van der Waals surface area contributed by atoms with Crippen LogP contribution >= 0.6 is 0 Å². The molecule has 2 aromatic carbocycles. The highest BCUT2D eigenvalue weighted by Gasteiger charge is 2.68. The maximum absolute atomic E-state index is 13.1. The zero-order chi connectivity index (χ0) is 31.5. The summed E-state index contributed by atoms with van der Waals surface area (Å²) in [4.78, 5) is 16.0. The second-order valence-corrected chi connectivity index (χ2v) is 10.3. The van der Waals surface area contributed by atoms with Gasteiger partial charge in [-0.3, -0.25) is 9.78 Å². The molecule has 0 fully saturated rings. The number of nitrogens with zero attached hydrogens (tertiary/aromatic N) is 1. The smallest absolute Gasteiger partial charge is 0.430 e. The lowest BCUT2D eigenvalue weighted by Crippen LogP contribution is -2.55. The number of ether oxygens (including phenoxy) is 1. The molecule has 3 aromatic rings. The molecular formula is C32H33F6NO3. The first-order valence-corrected chi connectivity index (χ1v) is 13.3. The number of halogens is 6. The summed E-state index contributed by atoms with van der Waals surface area (Å²) in [6.07, 6.45) is -6.69. The largest absolute Gasteiger partial charge is 0.469 e. The fraction of sp³-hybridized carbons (Fsp3) is 0.375. The lowest BCUT2D eigenvalue weighted by Gasteiger charge is -2.34. The van der Waals surface area contributed by atoms with Crippen molar-refractivity contribution in [1.82, 2.24) is 4.98 Å². The van der Waals surface area contributed by atoms with Crippen molar-refractivity contribution in [2.45, 2.75) is 70.3 Å². The highest BCUT2D eigenvalue weighted by Crippen LogP contribution is 2.45. The van der Waals surface area contributed by atoms with Crippen molar-refractivity contribution < 1.29 is 41.0 Å². The Balaban J connectivity index is 2.01. The molecule has 0 saturated heterocycles. The van der Waals surface area contributed by atoms with Crippen LogP contribution in [0.4, 0.5) is 26.3 Å². The molecule has 0 unspecified atom stereocenters. The Bertz CT molecular complexity index is 1440. The number of aromatic nitrogens is 1. The predicted octanol–water partition coefficient (Wildman–Crippen LogP) is 8.06. The third-order valence-corrected chi connectivity index (χ3v) is 7.86. The van der Waals surface area contributed by atoms with Crippen LogP contribution in [0.15, 0.2) is 60.9 Å². The molecule has 0 aliphatic carbocycles. The maximum atomic E-state index is 13.1. The number of esters is 1. The summed E-state index contributed by atoms with van der Waals surface area (Å²) in [5, 5.41) is 9.48. The van der Waals surface area contributed by atoms with Crippen molar-refractivity contribution in [3.63, 3.8) is 0 Å². The van der Waals surface area contributed by atoms with Crippen molar-refractivity contribution in [3.05, 3.63) is 94.3 Å². The van der Waals surface area contributed by atoms with Crippen molar-refractivity contribution in [2.24, 2.45) is 0 Å². The molecule has 4 nitrogen and oxygen atoms in total. The molecule has 0 aliphatic rings. The van der Waals surface area contributed by atoms with Crippen molar-refractivity contribution in [2.75, 3.05) is 7.11 Å². The van der Waals surface area contributed by atoms with Gasteiger partial charge in [-0.05, 0) is 77.8 Å². The van der Waals surface area contributed by atoms with E-state index in [0.29, 0.717) is 30.0 Å². The van der Waals surface area contributed by atoms with Gasteiger partial charge in [-0.1, -0.05) is 56.3 Å². The van der Waals surface area contributed by atoms with E-state index >= 15 is 0 Å². The Morgan fingerprint density at radius 1 is 0.881 bits per heavy atom. The first-order valence-electron chi connectivity index (χ1n) is 13.3. The molecule has 0 atom stereocenters. The average Bonchev–Trinajstić information content (AvgIpc) is 2.92. The van der Waals surface area contributed by atoms with Crippen LogP contribution in [-0.2, 0) is 21.4 Å². The number of pyridine rings is 1. The minimum absolute atomic E-state index is 0.0967. The Labute approximate surface area is 241 Å². The monoisotopic (exact) mass is 593 g/mol. The van der Waals surface area contributed by atoms with E-state index in [1.807, 2.05) is 39.0 Å². The molecule has 0 spiro atoms. The molecular weight excluding hydrogens is 560 g/mol. The van der Waals surface area contributed by atoms with Gasteiger partial charge in [-0.2, -0.15) is 26.3 Å². The van der Waals surface area contributed by atoms with Crippen LogP contribution in [0.5, 0.6) is 0 Å². The first-order chi connectivity index (χ1) is 19.5. The Kier molecular flexibility index (Phi) is 9.61. The summed E-state index contributed by atoms with van der Waals surface area (Å²) in [6, 6.07) is 12.8. The topological polar surface area (TPSA) is 59.4 Å². The van der Waals surface area contributed by atoms with Crippen LogP contribution in [-0.4, -0.2) is 41.1 Å². The van der Waals surface area contributed by atoms with E-state index in [9.17, 15) is 36.2 Å². The van der Waals surface area contributed by atoms with Crippen molar-refractivity contribution >= 4 is 12.0 Å². The van der Waals surface area contributed by atoms with E-state index in [0.717, 1.165) is 27.8 Å². The highest BCUT2D eigenvalue weighted by atomic mass is 19.4. The molecule has 42 heavy (non-hydrogen) atoms. The summed E-state index contributed by atoms with van der Waals surface area (Å²) >= 11 is 0. The quantitative estimate of drug-likeness (QED) is 0.202. The summed E-state index contributed by atoms with van der Waals surface area (Å²) < 4.78 is 83.4. The minimum Gasteiger partial charge on any atom is -0.469 e. The maximum Gasteiger partial charge on any atom is 0.430 e. The van der Waals surface area contributed by atoms with E-state index in [-0.39, 0.29) is 24.0 Å². The van der Waals surface area contributed by atoms with Crippen molar-refractivity contribution in [1.29, 1.82) is 0 Å². The van der Waals surface area contributed by atoms with Gasteiger partial charge in [-0.25, -0.2) is 0 Å². The Hall–Kier alpha value is -3.66. The van der Waals surface area contributed by atoms with Crippen LogP contribution in [0, 0.1) is 13.8 Å². The highest BCUT2D eigenvalue weighted by molar-refractivity contribution is 5.74. The lowest BCUT2D eigenvalue weighted by molar-refractivity contribution is -0.347. The van der Waals surface area contributed by atoms with Crippen LogP contribution < -0.4 is 0 Å². The molecule has 0 saturated carbocycles. The third-order valence-electron chi connectivity index (χ3n) is 7.86. The van der Waals surface area contributed by atoms with Crippen LogP contribution in [0.2, 0.25) is 0 Å². The zero-order valence-corrected chi connectivity index (χ0v) is 24.0. The molecule has 3 rings (SSSR count). The predicted molar refractivity (Wildman–Crippen MR) is 149 cm³/mol. The second-order valence-electron chi connectivity index (χ2n) is 10.3. The second kappa shape index (κ2) is 12.3. The van der Waals surface area contributed by atoms with Gasteiger partial charge in [0.05, 0.1) is 13.5 Å². The first kappa shape index (κ1) is 32.8. The number of benzene rings is 2. The summed E-state index contributed by atoms with van der Waals surface area (Å²) in [7, 11) is 1.32. The number of hydrogen-bond donors (Lipinski definition) is 1. The molecule has 0 aliphatic heterocycles. The van der Waals surface area contributed by atoms with Gasteiger partial charge in [0.2, 0.25) is 0 Å². The number of methoxy groups -OCH3 is 1. The third kappa shape index (κ3) is 6.38.